The van der Waals surface area contributed by atoms with E-state index >= 15 is 0 Å². The average Bonchev–Trinajstić information content (AvgIpc) is 3.09. The number of halogens is 2. The Morgan fingerprint density at radius 2 is 1.36 bits per heavy atom. The number of carbonyl (C=O) groups is 3. The van der Waals surface area contributed by atoms with Gasteiger partial charge in [-0.05, 0) is 72.3 Å². The number of amides is 3. The van der Waals surface area contributed by atoms with Gasteiger partial charge in [-0.3, -0.25) is 14.4 Å². The lowest BCUT2D eigenvalue weighted by atomic mass is 10.1. The van der Waals surface area contributed by atoms with E-state index in [-0.39, 0.29) is 11.6 Å². The summed E-state index contributed by atoms with van der Waals surface area (Å²) >= 11 is 14.1. The van der Waals surface area contributed by atoms with E-state index in [1.54, 1.807) is 86.0 Å². The van der Waals surface area contributed by atoms with E-state index in [2.05, 4.69) is 16.0 Å². The number of methoxy groups -OCH3 is 1. The first kappa shape index (κ1) is 33.3. The van der Waals surface area contributed by atoms with Crippen molar-refractivity contribution in [1.29, 1.82) is 0 Å². The molecule has 7 nitrogen and oxygen atoms in total. The maximum absolute atomic E-state index is 13.5. The Hall–Kier alpha value is -5.02. The molecule has 0 heterocycles. The van der Waals surface area contributed by atoms with Crippen LogP contribution in [-0.2, 0) is 9.59 Å². The van der Waals surface area contributed by atoms with Crippen molar-refractivity contribution in [3.8, 4) is 5.75 Å². The molecule has 10 heteroatoms. The first-order valence-corrected chi connectivity index (χ1v) is 16.0. The highest BCUT2D eigenvalue weighted by atomic mass is 35.5. The van der Waals surface area contributed by atoms with Crippen LogP contribution >= 0.6 is 35.0 Å². The molecule has 0 saturated heterocycles. The van der Waals surface area contributed by atoms with Gasteiger partial charge in [-0.25, -0.2) is 0 Å². The standard InChI is InChI=1S/C37H29Cl2N3O4S/c1-46-28-15-8-14-27(22-28)41-37(45)34(24-10-4-2-5-11-24)47-29-20-18-26(19-21-29)40-36(44)33(23-30-31(38)16-9-17-32(30)39)42-35(43)25-12-6-3-7-13-25/h2-23,34H,1H3,(H,40,44)(H,41,45)(H,42,43)/b33-23-. The lowest BCUT2D eigenvalue weighted by Crippen LogP contribution is -2.30. The van der Waals surface area contributed by atoms with Gasteiger partial charge < -0.3 is 20.7 Å². The van der Waals surface area contributed by atoms with E-state index in [1.165, 1.54) is 17.8 Å². The lowest BCUT2D eigenvalue weighted by Gasteiger charge is -2.18. The van der Waals surface area contributed by atoms with Crippen LogP contribution in [0.4, 0.5) is 11.4 Å². The molecule has 0 aliphatic rings. The first-order valence-electron chi connectivity index (χ1n) is 14.4. The van der Waals surface area contributed by atoms with Gasteiger partial charge in [0.1, 0.15) is 16.7 Å². The van der Waals surface area contributed by atoms with Crippen molar-refractivity contribution in [2.24, 2.45) is 0 Å². The van der Waals surface area contributed by atoms with Gasteiger partial charge in [0.05, 0.1) is 7.11 Å². The van der Waals surface area contributed by atoms with Crippen molar-refractivity contribution < 1.29 is 19.1 Å². The van der Waals surface area contributed by atoms with Gasteiger partial charge in [0.25, 0.3) is 11.8 Å². The maximum atomic E-state index is 13.5. The molecular weight excluding hydrogens is 653 g/mol. The SMILES string of the molecule is COc1cccc(NC(=O)C(Sc2ccc(NC(=O)/C(=C/c3c(Cl)cccc3Cl)NC(=O)c3ccccc3)cc2)c2ccccc2)c1. The second-order valence-electron chi connectivity index (χ2n) is 10.1. The number of hydrogen-bond donors (Lipinski definition) is 3. The van der Waals surface area contributed by atoms with Gasteiger partial charge in [-0.2, -0.15) is 0 Å². The van der Waals surface area contributed by atoms with Crippen molar-refractivity contribution >= 4 is 70.1 Å². The molecule has 0 radical (unpaired) electrons. The molecule has 5 aromatic rings. The van der Waals surface area contributed by atoms with Gasteiger partial charge in [0, 0.05) is 43.5 Å². The zero-order valence-corrected chi connectivity index (χ0v) is 27.4. The van der Waals surface area contributed by atoms with Crippen LogP contribution in [0, 0.1) is 0 Å². The molecule has 0 aliphatic carbocycles. The van der Waals surface area contributed by atoms with Crippen molar-refractivity contribution in [2.45, 2.75) is 10.1 Å². The molecule has 1 atom stereocenters. The largest absolute Gasteiger partial charge is 0.497 e. The molecule has 3 amide bonds. The third-order valence-electron chi connectivity index (χ3n) is 6.86. The van der Waals surface area contributed by atoms with Gasteiger partial charge in [0.2, 0.25) is 5.91 Å². The molecule has 1 unspecified atom stereocenters. The molecule has 236 valence electrons. The van der Waals surface area contributed by atoms with E-state index < -0.39 is 17.1 Å². The van der Waals surface area contributed by atoms with Crippen molar-refractivity contribution in [3.05, 3.63) is 160 Å². The Bertz CT molecular complexity index is 1880. The van der Waals surface area contributed by atoms with E-state index in [1.807, 2.05) is 48.5 Å². The molecule has 5 rings (SSSR count). The van der Waals surface area contributed by atoms with Crippen LogP contribution in [0.3, 0.4) is 0 Å². The van der Waals surface area contributed by atoms with Gasteiger partial charge in [-0.1, -0.05) is 83.9 Å². The summed E-state index contributed by atoms with van der Waals surface area (Å²) < 4.78 is 5.29. The van der Waals surface area contributed by atoms with Gasteiger partial charge in [-0.15, -0.1) is 11.8 Å². The van der Waals surface area contributed by atoms with E-state index in [0.29, 0.717) is 38.3 Å². The van der Waals surface area contributed by atoms with Crippen molar-refractivity contribution in [3.63, 3.8) is 0 Å². The molecule has 0 fully saturated rings. The summed E-state index contributed by atoms with van der Waals surface area (Å²) in [5.41, 5.74) is 2.64. The van der Waals surface area contributed by atoms with Crippen LogP contribution in [0.5, 0.6) is 5.75 Å². The van der Waals surface area contributed by atoms with Crippen LogP contribution in [0.25, 0.3) is 6.08 Å². The Kier molecular flexibility index (Phi) is 11.4. The number of rotatable bonds is 11. The zero-order valence-electron chi connectivity index (χ0n) is 25.1. The van der Waals surface area contributed by atoms with E-state index in [0.717, 1.165) is 10.5 Å². The highest BCUT2D eigenvalue weighted by Gasteiger charge is 2.23. The number of anilines is 2. The topological polar surface area (TPSA) is 96.5 Å². The highest BCUT2D eigenvalue weighted by Crippen LogP contribution is 2.37. The Labute approximate surface area is 287 Å². The molecule has 0 spiro atoms. The van der Waals surface area contributed by atoms with E-state index in [9.17, 15) is 14.4 Å². The number of thioether (sulfide) groups is 1. The molecule has 5 aromatic carbocycles. The predicted molar refractivity (Wildman–Crippen MR) is 190 cm³/mol. The minimum Gasteiger partial charge on any atom is -0.497 e. The van der Waals surface area contributed by atoms with Crippen LogP contribution in [-0.4, -0.2) is 24.8 Å². The average molecular weight is 683 g/mol. The van der Waals surface area contributed by atoms with Gasteiger partial charge >= 0.3 is 0 Å². The Morgan fingerprint density at radius 3 is 2.02 bits per heavy atom. The van der Waals surface area contributed by atoms with Crippen LogP contribution < -0.4 is 20.7 Å². The molecule has 3 N–H and O–H groups in total. The summed E-state index contributed by atoms with van der Waals surface area (Å²) in [4.78, 5) is 40.8. The molecule has 0 saturated carbocycles. The summed E-state index contributed by atoms with van der Waals surface area (Å²) in [6.45, 7) is 0. The molecular formula is C37H29Cl2N3O4S. The van der Waals surface area contributed by atoms with Crippen molar-refractivity contribution in [2.75, 3.05) is 17.7 Å². The Balaban J connectivity index is 1.34. The van der Waals surface area contributed by atoms with Gasteiger partial charge in [0.15, 0.2) is 0 Å². The van der Waals surface area contributed by atoms with Crippen LogP contribution in [0.2, 0.25) is 10.0 Å². The summed E-state index contributed by atoms with van der Waals surface area (Å²) in [5.74, 6) is -0.613. The number of hydrogen-bond acceptors (Lipinski definition) is 5. The highest BCUT2D eigenvalue weighted by molar-refractivity contribution is 8.00. The van der Waals surface area contributed by atoms with Crippen molar-refractivity contribution in [1.82, 2.24) is 5.32 Å². The van der Waals surface area contributed by atoms with Crippen LogP contribution in [0.1, 0.15) is 26.7 Å². The second kappa shape index (κ2) is 16.0. The third kappa shape index (κ3) is 9.04. The molecule has 47 heavy (non-hydrogen) atoms. The normalized spacial score (nSPS) is 11.7. The summed E-state index contributed by atoms with van der Waals surface area (Å²) in [5, 5.41) is 8.58. The lowest BCUT2D eigenvalue weighted by molar-refractivity contribution is -0.116. The molecule has 0 bridgehead atoms. The predicted octanol–water partition coefficient (Wildman–Crippen LogP) is 8.88. The summed E-state index contributed by atoms with van der Waals surface area (Å²) in [7, 11) is 1.57. The monoisotopic (exact) mass is 681 g/mol. The second-order valence-corrected chi connectivity index (χ2v) is 12.1. The Morgan fingerprint density at radius 1 is 0.723 bits per heavy atom. The first-order chi connectivity index (χ1) is 22.8. The van der Waals surface area contributed by atoms with E-state index in [4.69, 9.17) is 27.9 Å². The third-order valence-corrected chi connectivity index (χ3v) is 8.79. The quantitative estimate of drug-likeness (QED) is 0.0956. The minimum absolute atomic E-state index is 0.0503. The fourth-order valence-electron chi connectivity index (χ4n) is 4.50. The molecule has 0 aliphatic heterocycles. The summed E-state index contributed by atoms with van der Waals surface area (Å²) in [6, 6.07) is 37.2. The summed E-state index contributed by atoms with van der Waals surface area (Å²) in [6.07, 6.45) is 1.44. The van der Waals surface area contributed by atoms with Crippen LogP contribution in [0.15, 0.2) is 138 Å². The molecule has 0 aromatic heterocycles. The number of nitrogens with one attached hydrogen (secondary N) is 3. The number of benzene rings is 5. The minimum atomic E-state index is -0.578. The number of carbonyl (C=O) groups excluding carboxylic acids is 3. The fraction of sp³-hybridized carbons (Fsp3) is 0.0541. The fourth-order valence-corrected chi connectivity index (χ4v) is 6.03. The zero-order chi connectivity index (χ0) is 33.2. The maximum Gasteiger partial charge on any atom is 0.272 e. The smallest absolute Gasteiger partial charge is 0.272 e. The number of ether oxygens (including phenoxy) is 1.